The van der Waals surface area contributed by atoms with E-state index in [1.165, 1.54) is 0 Å². The van der Waals surface area contributed by atoms with Gasteiger partial charge in [-0.25, -0.2) is 0 Å². The van der Waals surface area contributed by atoms with Crippen molar-refractivity contribution in [1.82, 2.24) is 5.32 Å². The summed E-state index contributed by atoms with van der Waals surface area (Å²) in [4.78, 5) is 12.5. The summed E-state index contributed by atoms with van der Waals surface area (Å²) in [6.45, 7) is 4.52. The first-order valence-corrected chi connectivity index (χ1v) is 9.02. The lowest BCUT2D eigenvalue weighted by molar-refractivity contribution is 0.0927. The molecule has 5 heteroatoms. The Labute approximate surface area is 159 Å². The summed E-state index contributed by atoms with van der Waals surface area (Å²) in [5, 5.41) is 3.94. The molecule has 27 heavy (non-hydrogen) atoms. The minimum Gasteiger partial charge on any atom is -0.493 e. The molecule has 0 fully saturated rings. The van der Waals surface area contributed by atoms with Gasteiger partial charge in [-0.15, -0.1) is 0 Å². The van der Waals surface area contributed by atoms with Crippen molar-refractivity contribution in [2.24, 2.45) is 0 Å². The molecule has 0 unspecified atom stereocenters. The zero-order chi connectivity index (χ0) is 19.4. The van der Waals surface area contributed by atoms with Crippen molar-refractivity contribution >= 4 is 16.9 Å². The Bertz CT molecular complexity index is 958. The first-order chi connectivity index (χ1) is 13.0. The molecule has 0 atom stereocenters. The highest BCUT2D eigenvalue weighted by Crippen LogP contribution is 2.28. The molecule has 1 heterocycles. The van der Waals surface area contributed by atoms with Crippen molar-refractivity contribution < 1.29 is 18.7 Å². The number of aryl methyl sites for hydroxylation is 3. The van der Waals surface area contributed by atoms with Gasteiger partial charge in [-0.1, -0.05) is 17.7 Å². The second kappa shape index (κ2) is 8.16. The number of nitrogens with one attached hydrogen (secondary N) is 1. The van der Waals surface area contributed by atoms with E-state index in [1.807, 2.05) is 50.2 Å². The van der Waals surface area contributed by atoms with Crippen LogP contribution in [0.3, 0.4) is 0 Å². The average Bonchev–Trinajstić information content (AvgIpc) is 3.01. The standard InChI is InChI=1S/C22H25NO4/c1-14-7-9-18-17(12-14)15(2)21(27-18)22(24)23-11-5-6-16-8-10-19(25-3)20(13-16)26-4/h7-10,12-13H,5-6,11H2,1-4H3,(H,23,24). The van der Waals surface area contributed by atoms with E-state index in [-0.39, 0.29) is 5.91 Å². The Morgan fingerprint density at radius 2 is 1.81 bits per heavy atom. The number of carbonyl (C=O) groups is 1. The normalized spacial score (nSPS) is 10.8. The van der Waals surface area contributed by atoms with Crippen LogP contribution in [-0.2, 0) is 6.42 Å². The van der Waals surface area contributed by atoms with Gasteiger partial charge in [-0.2, -0.15) is 0 Å². The monoisotopic (exact) mass is 367 g/mol. The molecule has 0 radical (unpaired) electrons. The highest BCUT2D eigenvalue weighted by Gasteiger charge is 2.17. The molecule has 0 saturated heterocycles. The van der Waals surface area contributed by atoms with Crippen LogP contribution in [-0.4, -0.2) is 26.7 Å². The van der Waals surface area contributed by atoms with Crippen molar-refractivity contribution in [3.63, 3.8) is 0 Å². The van der Waals surface area contributed by atoms with Crippen molar-refractivity contribution in [3.8, 4) is 11.5 Å². The summed E-state index contributed by atoms with van der Waals surface area (Å²) >= 11 is 0. The van der Waals surface area contributed by atoms with Gasteiger partial charge in [-0.05, 0) is 56.5 Å². The Morgan fingerprint density at radius 1 is 1.04 bits per heavy atom. The number of fused-ring (bicyclic) bond motifs is 1. The Morgan fingerprint density at radius 3 is 2.56 bits per heavy atom. The molecule has 1 amide bonds. The number of hydrogen-bond acceptors (Lipinski definition) is 4. The number of carbonyl (C=O) groups excluding carboxylic acids is 1. The fourth-order valence-corrected chi connectivity index (χ4v) is 3.16. The molecule has 0 spiro atoms. The van der Waals surface area contributed by atoms with Crippen LogP contribution < -0.4 is 14.8 Å². The second-order valence-corrected chi connectivity index (χ2v) is 6.60. The van der Waals surface area contributed by atoms with E-state index in [9.17, 15) is 4.79 Å². The van der Waals surface area contributed by atoms with Gasteiger partial charge in [-0.3, -0.25) is 4.79 Å². The predicted molar refractivity (Wildman–Crippen MR) is 106 cm³/mol. The molecule has 5 nitrogen and oxygen atoms in total. The lowest BCUT2D eigenvalue weighted by Crippen LogP contribution is -2.24. The maximum atomic E-state index is 12.5. The van der Waals surface area contributed by atoms with Gasteiger partial charge in [0.2, 0.25) is 0 Å². The summed E-state index contributed by atoms with van der Waals surface area (Å²) in [5.41, 5.74) is 3.91. The Kier molecular flexibility index (Phi) is 5.69. The lowest BCUT2D eigenvalue weighted by atomic mass is 10.1. The molecule has 0 bridgehead atoms. The number of benzene rings is 2. The quantitative estimate of drug-likeness (QED) is 0.628. The van der Waals surface area contributed by atoms with Gasteiger partial charge in [0, 0.05) is 17.5 Å². The van der Waals surface area contributed by atoms with E-state index < -0.39 is 0 Å². The lowest BCUT2D eigenvalue weighted by Gasteiger charge is -2.09. The van der Waals surface area contributed by atoms with Crippen LogP contribution in [0.5, 0.6) is 11.5 Å². The van der Waals surface area contributed by atoms with Gasteiger partial charge in [0.15, 0.2) is 17.3 Å². The number of hydrogen-bond donors (Lipinski definition) is 1. The molecule has 1 N–H and O–H groups in total. The van der Waals surface area contributed by atoms with Crippen molar-refractivity contribution in [1.29, 1.82) is 0 Å². The molecular weight excluding hydrogens is 342 g/mol. The predicted octanol–water partition coefficient (Wildman–Crippen LogP) is 4.43. The SMILES string of the molecule is COc1ccc(CCCNC(=O)c2oc3ccc(C)cc3c2C)cc1OC. The van der Waals surface area contributed by atoms with Gasteiger partial charge >= 0.3 is 0 Å². The summed E-state index contributed by atoms with van der Waals surface area (Å²) in [6, 6.07) is 11.8. The third-order valence-electron chi connectivity index (χ3n) is 4.67. The van der Waals surface area contributed by atoms with E-state index in [1.54, 1.807) is 14.2 Å². The van der Waals surface area contributed by atoms with E-state index in [0.717, 1.165) is 40.5 Å². The third kappa shape index (κ3) is 4.08. The molecular formula is C22H25NO4. The summed E-state index contributed by atoms with van der Waals surface area (Å²) in [6.07, 6.45) is 1.65. The van der Waals surface area contributed by atoms with E-state index in [4.69, 9.17) is 13.9 Å². The Balaban J connectivity index is 1.58. The fourth-order valence-electron chi connectivity index (χ4n) is 3.16. The molecule has 1 aromatic heterocycles. The van der Waals surface area contributed by atoms with Crippen LogP contribution >= 0.6 is 0 Å². The van der Waals surface area contributed by atoms with Crippen molar-refractivity contribution in [3.05, 3.63) is 58.8 Å². The molecule has 0 aliphatic heterocycles. The van der Waals surface area contributed by atoms with Crippen LogP contribution in [0.1, 0.15) is 33.7 Å². The highest BCUT2D eigenvalue weighted by molar-refractivity contribution is 5.99. The summed E-state index contributed by atoms with van der Waals surface area (Å²) < 4.78 is 16.3. The van der Waals surface area contributed by atoms with Gasteiger partial charge in [0.05, 0.1) is 14.2 Å². The minimum atomic E-state index is -0.173. The zero-order valence-electron chi connectivity index (χ0n) is 16.2. The van der Waals surface area contributed by atoms with E-state index in [2.05, 4.69) is 5.32 Å². The van der Waals surface area contributed by atoms with Crippen LogP contribution in [0.15, 0.2) is 40.8 Å². The van der Waals surface area contributed by atoms with Crippen LogP contribution in [0.2, 0.25) is 0 Å². The first-order valence-electron chi connectivity index (χ1n) is 9.02. The zero-order valence-corrected chi connectivity index (χ0v) is 16.2. The molecule has 0 aliphatic carbocycles. The smallest absolute Gasteiger partial charge is 0.287 e. The molecule has 0 saturated carbocycles. The first kappa shape index (κ1) is 18.8. The summed E-state index contributed by atoms with van der Waals surface area (Å²) in [7, 11) is 3.24. The van der Waals surface area contributed by atoms with Crippen molar-refractivity contribution in [2.75, 3.05) is 20.8 Å². The number of rotatable bonds is 7. The van der Waals surface area contributed by atoms with Crippen molar-refractivity contribution in [2.45, 2.75) is 26.7 Å². The van der Waals surface area contributed by atoms with Crippen LogP contribution in [0.25, 0.3) is 11.0 Å². The van der Waals surface area contributed by atoms with Gasteiger partial charge in [0.25, 0.3) is 5.91 Å². The van der Waals surface area contributed by atoms with Gasteiger partial charge in [0.1, 0.15) is 5.58 Å². The molecule has 3 aromatic rings. The number of ether oxygens (including phenoxy) is 2. The molecule has 2 aromatic carbocycles. The molecule has 3 rings (SSSR count). The van der Waals surface area contributed by atoms with Crippen LogP contribution in [0.4, 0.5) is 0 Å². The molecule has 0 aliphatic rings. The van der Waals surface area contributed by atoms with Crippen LogP contribution in [0, 0.1) is 13.8 Å². The number of amides is 1. The number of methoxy groups -OCH3 is 2. The maximum Gasteiger partial charge on any atom is 0.287 e. The largest absolute Gasteiger partial charge is 0.493 e. The number of furan rings is 1. The fraction of sp³-hybridized carbons (Fsp3) is 0.318. The average molecular weight is 367 g/mol. The van der Waals surface area contributed by atoms with E-state index >= 15 is 0 Å². The molecule has 142 valence electrons. The van der Waals surface area contributed by atoms with E-state index in [0.29, 0.717) is 23.8 Å². The minimum absolute atomic E-state index is 0.173. The maximum absolute atomic E-state index is 12.5. The highest BCUT2D eigenvalue weighted by atomic mass is 16.5. The summed E-state index contributed by atoms with van der Waals surface area (Å²) in [5.74, 6) is 1.65. The topological polar surface area (TPSA) is 60.7 Å². The third-order valence-corrected chi connectivity index (χ3v) is 4.67. The second-order valence-electron chi connectivity index (χ2n) is 6.60. The van der Waals surface area contributed by atoms with Gasteiger partial charge < -0.3 is 19.2 Å². The Hall–Kier alpha value is -2.95.